The van der Waals surface area contributed by atoms with Crippen molar-refractivity contribution in [1.82, 2.24) is 4.57 Å². The quantitative estimate of drug-likeness (QED) is 0.366. The zero-order valence-corrected chi connectivity index (χ0v) is 20.0. The second kappa shape index (κ2) is 10.0. The molecular formula is C22H24Cl2N3O4S+. The predicted molar refractivity (Wildman–Crippen MR) is 127 cm³/mol. The number of hydrogen-bond donors (Lipinski definition) is 1. The van der Waals surface area contributed by atoms with Gasteiger partial charge in [0.15, 0.2) is 11.0 Å². The molecule has 0 unspecified atom stereocenters. The first-order valence-corrected chi connectivity index (χ1v) is 12.4. The number of nitrogens with zero attached hydrogens (tertiary/aromatic N) is 3. The Bertz CT molecular complexity index is 1270. The molecule has 1 heterocycles. The van der Waals surface area contributed by atoms with Crippen LogP contribution in [0.5, 0.6) is 0 Å². The first-order chi connectivity index (χ1) is 15.1. The number of benzene rings is 2. The number of para-hydroxylation sites is 1. The van der Waals surface area contributed by atoms with E-state index in [2.05, 4.69) is 0 Å². The number of aromatic nitrogens is 2. The van der Waals surface area contributed by atoms with Gasteiger partial charge in [-0.3, -0.25) is 14.2 Å². The lowest BCUT2D eigenvalue weighted by Crippen LogP contribution is -2.37. The van der Waals surface area contributed by atoms with E-state index in [0.29, 0.717) is 23.1 Å². The number of rotatable bonds is 8. The van der Waals surface area contributed by atoms with Crippen molar-refractivity contribution in [1.29, 1.82) is 0 Å². The van der Waals surface area contributed by atoms with Crippen LogP contribution in [0.15, 0.2) is 48.7 Å². The van der Waals surface area contributed by atoms with E-state index in [9.17, 15) is 13.2 Å². The molecule has 0 saturated carbocycles. The van der Waals surface area contributed by atoms with Gasteiger partial charge in [-0.05, 0) is 19.1 Å². The van der Waals surface area contributed by atoms with Crippen LogP contribution in [0.2, 0.25) is 10.0 Å². The SMILES string of the molecule is CCn1c(C=CN(C(C)=O)c2ccccc2)[n+](CCCS(=O)(=O)O)c2cc(Cl)c(Cl)cc21. The van der Waals surface area contributed by atoms with Crippen molar-refractivity contribution >= 4 is 62.0 Å². The summed E-state index contributed by atoms with van der Waals surface area (Å²) in [6, 6.07) is 12.7. The molecule has 0 bridgehead atoms. The van der Waals surface area contributed by atoms with Gasteiger partial charge < -0.3 is 0 Å². The minimum atomic E-state index is -4.09. The Morgan fingerprint density at radius 3 is 2.44 bits per heavy atom. The van der Waals surface area contributed by atoms with E-state index in [1.165, 1.54) is 11.8 Å². The molecule has 32 heavy (non-hydrogen) atoms. The molecule has 0 radical (unpaired) electrons. The molecule has 1 amide bonds. The smallest absolute Gasteiger partial charge is 0.283 e. The fraction of sp³-hybridized carbons (Fsp3) is 0.273. The fourth-order valence-corrected chi connectivity index (χ4v) is 4.42. The van der Waals surface area contributed by atoms with Crippen molar-refractivity contribution in [2.75, 3.05) is 10.7 Å². The van der Waals surface area contributed by atoms with Crippen LogP contribution in [0.4, 0.5) is 5.69 Å². The van der Waals surface area contributed by atoms with Gasteiger partial charge in [0.05, 0.1) is 28.9 Å². The molecule has 2 aromatic carbocycles. The lowest BCUT2D eigenvalue weighted by atomic mass is 10.3. The van der Waals surface area contributed by atoms with E-state index in [0.717, 1.165) is 22.5 Å². The van der Waals surface area contributed by atoms with Crippen LogP contribution in [0, 0.1) is 0 Å². The number of carbonyl (C=O) groups is 1. The molecule has 3 aromatic rings. The first kappa shape index (κ1) is 24.3. The number of hydrogen-bond acceptors (Lipinski definition) is 3. The second-order valence-electron chi connectivity index (χ2n) is 7.19. The maximum absolute atomic E-state index is 12.3. The van der Waals surface area contributed by atoms with Crippen LogP contribution in [0.25, 0.3) is 17.1 Å². The summed E-state index contributed by atoms with van der Waals surface area (Å²) in [5, 5.41) is 0.780. The third-order valence-corrected chi connectivity index (χ3v) is 6.53. The number of carbonyl (C=O) groups excluding carboxylic acids is 1. The summed E-state index contributed by atoms with van der Waals surface area (Å²) >= 11 is 12.5. The Morgan fingerprint density at radius 1 is 1.19 bits per heavy atom. The average molecular weight is 497 g/mol. The zero-order valence-electron chi connectivity index (χ0n) is 17.7. The van der Waals surface area contributed by atoms with Gasteiger partial charge in [0.1, 0.15) is 0 Å². The van der Waals surface area contributed by atoms with E-state index in [-0.39, 0.29) is 18.1 Å². The van der Waals surface area contributed by atoms with E-state index in [1.807, 2.05) is 46.4 Å². The molecule has 0 aliphatic carbocycles. The lowest BCUT2D eigenvalue weighted by molar-refractivity contribution is -0.673. The number of imidazole rings is 1. The van der Waals surface area contributed by atoms with Crippen LogP contribution in [-0.4, -0.2) is 29.2 Å². The van der Waals surface area contributed by atoms with E-state index >= 15 is 0 Å². The van der Waals surface area contributed by atoms with Gasteiger partial charge in [0.2, 0.25) is 5.91 Å². The highest BCUT2D eigenvalue weighted by Crippen LogP contribution is 2.28. The first-order valence-electron chi connectivity index (χ1n) is 10.0. The van der Waals surface area contributed by atoms with Crippen molar-refractivity contribution in [3.8, 4) is 0 Å². The molecule has 170 valence electrons. The van der Waals surface area contributed by atoms with Crippen LogP contribution in [0.3, 0.4) is 0 Å². The van der Waals surface area contributed by atoms with Gasteiger partial charge in [0.25, 0.3) is 15.9 Å². The van der Waals surface area contributed by atoms with Gasteiger partial charge in [-0.2, -0.15) is 8.42 Å². The summed E-state index contributed by atoms with van der Waals surface area (Å²) in [5.74, 6) is 0.210. The van der Waals surface area contributed by atoms with Gasteiger partial charge in [-0.1, -0.05) is 41.4 Å². The van der Waals surface area contributed by atoms with E-state index in [4.69, 9.17) is 27.8 Å². The topological polar surface area (TPSA) is 83.5 Å². The largest absolute Gasteiger partial charge is 0.288 e. The summed E-state index contributed by atoms with van der Waals surface area (Å²) in [6.07, 6.45) is 3.68. The molecule has 0 fully saturated rings. The maximum atomic E-state index is 12.3. The summed E-state index contributed by atoms with van der Waals surface area (Å²) < 4.78 is 35.5. The summed E-state index contributed by atoms with van der Waals surface area (Å²) in [4.78, 5) is 13.8. The number of amides is 1. The Kier molecular flexibility index (Phi) is 7.61. The molecule has 0 spiro atoms. The minimum Gasteiger partial charge on any atom is -0.288 e. The van der Waals surface area contributed by atoms with E-state index < -0.39 is 10.1 Å². The average Bonchev–Trinajstić information content (AvgIpc) is 3.00. The third kappa shape index (κ3) is 5.50. The highest BCUT2D eigenvalue weighted by molar-refractivity contribution is 7.85. The summed E-state index contributed by atoms with van der Waals surface area (Å²) in [5.41, 5.74) is 2.31. The third-order valence-electron chi connectivity index (χ3n) is 5.00. The lowest BCUT2D eigenvalue weighted by Gasteiger charge is -2.15. The standard InChI is InChI=1S/C22H23Cl2N3O4S/c1-3-25-20-14-18(23)19(24)15-21(20)27(11-7-13-32(29,30)31)22(25)10-12-26(16(2)28)17-8-5-4-6-9-17/h4-6,8-10,12,14-15H,3,7,11,13H2,1-2H3/p+1. The number of fused-ring (bicyclic) bond motifs is 1. The van der Waals surface area contributed by atoms with Crippen molar-refractivity contribution in [3.63, 3.8) is 0 Å². The number of anilines is 1. The Hall–Kier alpha value is -2.39. The molecule has 3 rings (SSSR count). The maximum Gasteiger partial charge on any atom is 0.283 e. The molecule has 0 saturated heterocycles. The van der Waals surface area contributed by atoms with Crippen molar-refractivity contribution < 1.29 is 22.3 Å². The number of aryl methyl sites for hydroxylation is 2. The van der Waals surface area contributed by atoms with Gasteiger partial charge in [0, 0.05) is 43.4 Å². The molecule has 0 aliphatic heterocycles. The summed E-state index contributed by atoms with van der Waals surface area (Å²) in [6.45, 7) is 4.37. The molecule has 1 aromatic heterocycles. The van der Waals surface area contributed by atoms with Crippen LogP contribution in [-0.2, 0) is 28.0 Å². The van der Waals surface area contributed by atoms with Gasteiger partial charge in [-0.25, -0.2) is 9.13 Å². The molecule has 1 N–H and O–H groups in total. The van der Waals surface area contributed by atoms with Crippen molar-refractivity contribution in [2.45, 2.75) is 33.4 Å². The van der Waals surface area contributed by atoms with E-state index in [1.54, 1.807) is 24.4 Å². The summed E-state index contributed by atoms with van der Waals surface area (Å²) in [7, 11) is -4.09. The number of halogens is 2. The fourth-order valence-electron chi connectivity index (χ4n) is 3.61. The van der Waals surface area contributed by atoms with Gasteiger partial charge in [-0.15, -0.1) is 0 Å². The van der Waals surface area contributed by atoms with Gasteiger partial charge >= 0.3 is 0 Å². The second-order valence-corrected chi connectivity index (χ2v) is 9.58. The Labute approximate surface area is 197 Å². The minimum absolute atomic E-state index is 0.157. The molecule has 0 aliphatic rings. The normalized spacial score (nSPS) is 12.0. The molecule has 7 nitrogen and oxygen atoms in total. The Morgan fingerprint density at radius 2 is 1.84 bits per heavy atom. The molecule has 10 heteroatoms. The molecule has 0 atom stereocenters. The predicted octanol–water partition coefficient (Wildman–Crippen LogP) is 4.56. The molecular weight excluding hydrogens is 473 g/mol. The van der Waals surface area contributed by atoms with Crippen molar-refractivity contribution in [3.05, 3.63) is 64.5 Å². The van der Waals surface area contributed by atoms with Crippen LogP contribution >= 0.6 is 23.2 Å². The van der Waals surface area contributed by atoms with Crippen LogP contribution < -0.4 is 9.47 Å². The highest BCUT2D eigenvalue weighted by Gasteiger charge is 2.24. The van der Waals surface area contributed by atoms with Crippen molar-refractivity contribution in [2.24, 2.45) is 0 Å². The highest BCUT2D eigenvalue weighted by atomic mass is 35.5. The monoisotopic (exact) mass is 496 g/mol. The van der Waals surface area contributed by atoms with Crippen LogP contribution in [0.1, 0.15) is 26.1 Å². The Balaban J connectivity index is 2.13. The zero-order chi connectivity index (χ0) is 23.5.